The van der Waals surface area contributed by atoms with Gasteiger partial charge in [-0.15, -0.1) is 0 Å². The smallest absolute Gasteiger partial charge is 0.341 e. The van der Waals surface area contributed by atoms with Crippen LogP contribution in [0, 0.1) is 0 Å². The average Bonchev–Trinajstić information content (AvgIpc) is 3.05. The largest absolute Gasteiger partial charge is 0.493 e. The van der Waals surface area contributed by atoms with E-state index >= 15 is 0 Å². The Kier molecular flexibility index (Phi) is 11.0. The molecule has 3 atom stereocenters. The van der Waals surface area contributed by atoms with E-state index in [2.05, 4.69) is 0 Å². The minimum atomic E-state index is -1.09. The van der Waals surface area contributed by atoms with E-state index in [9.17, 15) is 14.4 Å². The van der Waals surface area contributed by atoms with Crippen molar-refractivity contribution in [2.75, 3.05) is 27.4 Å². The van der Waals surface area contributed by atoms with Gasteiger partial charge in [-0.05, 0) is 80.0 Å². The number of carbonyl (C=O) groups is 3. The normalized spacial score (nSPS) is 16.1. The second-order valence-electron chi connectivity index (χ2n) is 10.6. The summed E-state index contributed by atoms with van der Waals surface area (Å²) in [7, 11) is 3.15. The third-order valence-electron chi connectivity index (χ3n) is 7.72. The Morgan fingerprint density at radius 2 is 1.65 bits per heavy atom. The molecule has 0 bridgehead atoms. The predicted octanol–water partition coefficient (Wildman–Crippen LogP) is 5.57. The van der Waals surface area contributed by atoms with E-state index in [0.717, 1.165) is 24.0 Å². The van der Waals surface area contributed by atoms with Crippen molar-refractivity contribution in [2.45, 2.75) is 57.1 Å². The molecule has 3 aromatic rings. The van der Waals surface area contributed by atoms with Gasteiger partial charge in [0.25, 0.3) is 0 Å². The summed E-state index contributed by atoms with van der Waals surface area (Å²) in [5, 5.41) is 9.04. The summed E-state index contributed by atoms with van der Waals surface area (Å²) in [5.41, 5.74) is 2.53. The van der Waals surface area contributed by atoms with Crippen molar-refractivity contribution in [3.05, 3.63) is 89.5 Å². The van der Waals surface area contributed by atoms with Crippen LogP contribution in [-0.2, 0) is 25.5 Å². The number of carboxylic acids is 1. The first-order valence-electron chi connectivity index (χ1n) is 14.5. The first kappa shape index (κ1) is 31.4. The molecule has 1 aliphatic heterocycles. The molecule has 43 heavy (non-hydrogen) atoms. The molecule has 1 fully saturated rings. The van der Waals surface area contributed by atoms with Crippen LogP contribution in [0.3, 0.4) is 0 Å². The second-order valence-corrected chi connectivity index (χ2v) is 10.6. The van der Waals surface area contributed by atoms with Gasteiger partial charge >= 0.3 is 11.9 Å². The van der Waals surface area contributed by atoms with Crippen LogP contribution in [0.15, 0.2) is 72.8 Å². The van der Waals surface area contributed by atoms with E-state index < -0.39 is 36.6 Å². The third-order valence-corrected chi connectivity index (χ3v) is 7.72. The van der Waals surface area contributed by atoms with Gasteiger partial charge in [0.2, 0.25) is 5.91 Å². The van der Waals surface area contributed by atoms with Crippen molar-refractivity contribution in [1.29, 1.82) is 0 Å². The number of benzene rings is 3. The van der Waals surface area contributed by atoms with E-state index in [1.165, 1.54) is 0 Å². The monoisotopic (exact) mass is 589 g/mol. The summed E-state index contributed by atoms with van der Waals surface area (Å²) in [5.74, 6) is -0.461. The maximum absolute atomic E-state index is 13.8. The van der Waals surface area contributed by atoms with Crippen molar-refractivity contribution < 1.29 is 38.4 Å². The van der Waals surface area contributed by atoms with Crippen LogP contribution in [0.2, 0.25) is 0 Å². The number of aliphatic carboxylic acids is 1. The number of amides is 1. The molecule has 3 aromatic carbocycles. The van der Waals surface area contributed by atoms with Crippen molar-refractivity contribution in [1.82, 2.24) is 4.90 Å². The van der Waals surface area contributed by atoms with Gasteiger partial charge in [-0.1, -0.05) is 48.5 Å². The number of esters is 1. The average molecular weight is 590 g/mol. The molecule has 0 aliphatic carbocycles. The Morgan fingerprint density at radius 1 is 0.907 bits per heavy atom. The molecule has 0 radical (unpaired) electrons. The first-order valence-corrected chi connectivity index (χ1v) is 14.5. The molecule has 0 aromatic heterocycles. The SMILES string of the molecule is COc1ccc(CCC(OC(=O)[C@@H]2CCCCN2C(=O)[C@H](C)c2ccccc2)c2cccc(OCC(=O)O)c2)cc1OC. The molecule has 0 saturated carbocycles. The molecule has 228 valence electrons. The lowest BCUT2D eigenvalue weighted by Crippen LogP contribution is -2.50. The number of piperidine rings is 1. The summed E-state index contributed by atoms with van der Waals surface area (Å²) in [6, 6.07) is 21.4. The van der Waals surface area contributed by atoms with Crippen molar-refractivity contribution >= 4 is 17.8 Å². The Bertz CT molecular complexity index is 1390. The molecule has 0 spiro atoms. The minimum Gasteiger partial charge on any atom is -0.493 e. The number of methoxy groups -OCH3 is 2. The van der Waals surface area contributed by atoms with Crippen LogP contribution < -0.4 is 14.2 Å². The standard InChI is InChI=1S/C34H39NO8/c1-23(25-10-5-4-6-11-25)33(38)35-19-8-7-14-28(35)34(39)43-29(26-12-9-13-27(21-26)42-22-32(36)37)17-15-24-16-18-30(40-2)31(20-24)41-3/h4-6,9-13,16,18,20-21,23,28-29H,7-8,14-15,17,19,22H2,1-3H3,(H,36,37)/t23-,28+,29?/m1/s1. The fourth-order valence-electron chi connectivity index (χ4n) is 5.37. The lowest BCUT2D eigenvalue weighted by Gasteiger charge is -2.36. The molecule has 1 unspecified atom stereocenters. The molecule has 4 rings (SSSR count). The van der Waals surface area contributed by atoms with Crippen LogP contribution >= 0.6 is 0 Å². The number of rotatable bonds is 13. The topological polar surface area (TPSA) is 112 Å². The van der Waals surface area contributed by atoms with Gasteiger partial charge in [0.15, 0.2) is 18.1 Å². The van der Waals surface area contributed by atoms with Crippen LogP contribution in [0.1, 0.15) is 61.3 Å². The van der Waals surface area contributed by atoms with Gasteiger partial charge < -0.3 is 29.0 Å². The summed E-state index contributed by atoms with van der Waals surface area (Å²) < 4.78 is 22.4. The van der Waals surface area contributed by atoms with E-state index in [0.29, 0.717) is 48.6 Å². The van der Waals surface area contributed by atoms with Gasteiger partial charge in [0, 0.05) is 6.54 Å². The molecular weight excluding hydrogens is 550 g/mol. The number of ether oxygens (including phenoxy) is 4. The first-order chi connectivity index (χ1) is 20.8. The predicted molar refractivity (Wildman–Crippen MR) is 160 cm³/mol. The Labute approximate surface area is 252 Å². The van der Waals surface area contributed by atoms with Crippen molar-refractivity contribution in [3.8, 4) is 17.2 Å². The quantitative estimate of drug-likeness (QED) is 0.258. The lowest BCUT2D eigenvalue weighted by molar-refractivity contribution is -0.162. The zero-order chi connectivity index (χ0) is 30.8. The van der Waals surface area contributed by atoms with E-state index in [-0.39, 0.29) is 5.91 Å². The zero-order valence-electron chi connectivity index (χ0n) is 24.9. The Hall–Kier alpha value is -4.53. The maximum Gasteiger partial charge on any atom is 0.341 e. The van der Waals surface area contributed by atoms with E-state index in [4.69, 9.17) is 24.1 Å². The van der Waals surface area contributed by atoms with Crippen molar-refractivity contribution in [3.63, 3.8) is 0 Å². The van der Waals surface area contributed by atoms with Gasteiger partial charge in [-0.25, -0.2) is 9.59 Å². The molecule has 1 amide bonds. The molecule has 9 heteroatoms. The number of likely N-dealkylation sites (tertiary alicyclic amines) is 1. The third kappa shape index (κ3) is 8.28. The summed E-state index contributed by atoms with van der Waals surface area (Å²) >= 11 is 0. The summed E-state index contributed by atoms with van der Waals surface area (Å²) in [6.07, 6.45) is 2.48. The van der Waals surface area contributed by atoms with Crippen molar-refractivity contribution in [2.24, 2.45) is 0 Å². The lowest BCUT2D eigenvalue weighted by atomic mass is 9.95. The molecule has 1 saturated heterocycles. The van der Waals surface area contributed by atoms with Gasteiger partial charge in [0.05, 0.1) is 20.1 Å². The fourth-order valence-corrected chi connectivity index (χ4v) is 5.37. The zero-order valence-corrected chi connectivity index (χ0v) is 24.9. The molecule has 1 heterocycles. The van der Waals surface area contributed by atoms with Crippen LogP contribution in [-0.4, -0.2) is 61.3 Å². The second kappa shape index (κ2) is 15.1. The number of hydrogen-bond donors (Lipinski definition) is 1. The number of carbonyl (C=O) groups excluding carboxylic acids is 2. The fraction of sp³-hybridized carbons (Fsp3) is 0.382. The molecular formula is C34H39NO8. The van der Waals surface area contributed by atoms with Crippen LogP contribution in [0.5, 0.6) is 17.2 Å². The highest BCUT2D eigenvalue weighted by Crippen LogP contribution is 2.32. The van der Waals surface area contributed by atoms with Crippen LogP contribution in [0.4, 0.5) is 0 Å². The van der Waals surface area contributed by atoms with Gasteiger partial charge in [0.1, 0.15) is 17.9 Å². The highest BCUT2D eigenvalue weighted by molar-refractivity contribution is 5.88. The summed E-state index contributed by atoms with van der Waals surface area (Å²) in [4.78, 5) is 40.1. The highest BCUT2D eigenvalue weighted by atomic mass is 16.5. The summed E-state index contributed by atoms with van der Waals surface area (Å²) in [6.45, 7) is 1.87. The Morgan fingerprint density at radius 3 is 2.37 bits per heavy atom. The molecule has 9 nitrogen and oxygen atoms in total. The number of hydrogen-bond acceptors (Lipinski definition) is 7. The van der Waals surface area contributed by atoms with Gasteiger partial charge in [-0.2, -0.15) is 0 Å². The molecule has 1 aliphatic rings. The van der Waals surface area contributed by atoms with E-state index in [1.807, 2.05) is 61.5 Å². The van der Waals surface area contributed by atoms with Gasteiger partial charge in [-0.3, -0.25) is 4.79 Å². The maximum atomic E-state index is 13.8. The highest BCUT2D eigenvalue weighted by Gasteiger charge is 2.36. The Balaban J connectivity index is 1.56. The van der Waals surface area contributed by atoms with Crippen LogP contribution in [0.25, 0.3) is 0 Å². The number of aryl methyl sites for hydroxylation is 1. The van der Waals surface area contributed by atoms with E-state index in [1.54, 1.807) is 37.3 Å². The number of nitrogens with zero attached hydrogens (tertiary/aromatic N) is 1. The minimum absolute atomic E-state index is 0.0983. The number of carboxylic acid groups (broad SMARTS) is 1. The molecule has 1 N–H and O–H groups in total.